The monoisotopic (exact) mass is 312 g/mol. The normalized spacial score (nSPS) is 21.7. The summed E-state index contributed by atoms with van der Waals surface area (Å²) in [6, 6.07) is 4.39. The molecule has 23 heavy (non-hydrogen) atoms. The Balaban J connectivity index is 1.63. The lowest BCUT2D eigenvalue weighted by molar-refractivity contribution is 0.278. The first-order valence-corrected chi connectivity index (χ1v) is 8.60. The zero-order chi connectivity index (χ0) is 15.8. The standard InChI is InChI=1S/C18H24N4O/c1-23-17-8-7-13-16-10-20-11-22(16)15(18(13)21-17)9-14(19)12-5-3-2-4-6-12/h7-8,10-12,14-15H,2-6,9,19H2,1H3. The van der Waals surface area contributed by atoms with Crippen LogP contribution < -0.4 is 10.5 Å². The number of hydrogen-bond donors (Lipinski definition) is 1. The van der Waals surface area contributed by atoms with Crippen LogP contribution in [0.2, 0.25) is 0 Å². The summed E-state index contributed by atoms with van der Waals surface area (Å²) in [5.74, 6) is 1.31. The number of nitrogens with zero attached hydrogens (tertiary/aromatic N) is 3. The van der Waals surface area contributed by atoms with Crippen LogP contribution in [0.3, 0.4) is 0 Å². The summed E-state index contributed by atoms with van der Waals surface area (Å²) in [4.78, 5) is 9.03. The molecule has 0 amide bonds. The first kappa shape index (κ1) is 14.7. The molecular formula is C18H24N4O. The van der Waals surface area contributed by atoms with Crippen molar-refractivity contribution in [3.05, 3.63) is 30.4 Å². The van der Waals surface area contributed by atoms with Gasteiger partial charge in [-0.2, -0.15) is 0 Å². The van der Waals surface area contributed by atoms with E-state index in [0.717, 1.165) is 23.4 Å². The summed E-state index contributed by atoms with van der Waals surface area (Å²) in [5, 5.41) is 0. The maximum atomic E-state index is 6.59. The minimum absolute atomic E-state index is 0.175. The average Bonchev–Trinajstić information content (AvgIpc) is 3.18. The Labute approximate surface area is 136 Å². The number of nitrogens with two attached hydrogens (primary N) is 1. The van der Waals surface area contributed by atoms with Gasteiger partial charge in [0.05, 0.1) is 37.1 Å². The van der Waals surface area contributed by atoms with Crippen LogP contribution in [0.5, 0.6) is 5.88 Å². The number of aromatic nitrogens is 3. The van der Waals surface area contributed by atoms with E-state index < -0.39 is 0 Å². The summed E-state index contributed by atoms with van der Waals surface area (Å²) in [6.07, 6.45) is 11.3. The minimum atomic E-state index is 0.175. The molecule has 2 aromatic rings. The van der Waals surface area contributed by atoms with Crippen LogP contribution in [-0.2, 0) is 0 Å². The molecule has 1 aliphatic heterocycles. The van der Waals surface area contributed by atoms with Crippen LogP contribution in [0, 0.1) is 5.92 Å². The molecule has 1 saturated carbocycles. The quantitative estimate of drug-likeness (QED) is 0.942. The molecule has 3 heterocycles. The van der Waals surface area contributed by atoms with Gasteiger partial charge >= 0.3 is 0 Å². The van der Waals surface area contributed by atoms with Gasteiger partial charge in [0.15, 0.2) is 0 Å². The van der Waals surface area contributed by atoms with Gasteiger partial charge in [-0.05, 0) is 31.2 Å². The molecule has 5 heteroatoms. The van der Waals surface area contributed by atoms with E-state index >= 15 is 0 Å². The van der Waals surface area contributed by atoms with Crippen molar-refractivity contribution in [1.82, 2.24) is 14.5 Å². The fraction of sp³-hybridized carbons (Fsp3) is 0.556. The van der Waals surface area contributed by atoms with E-state index in [2.05, 4.69) is 15.6 Å². The maximum absolute atomic E-state index is 6.59. The Morgan fingerprint density at radius 2 is 2.13 bits per heavy atom. The Morgan fingerprint density at radius 3 is 2.91 bits per heavy atom. The van der Waals surface area contributed by atoms with Crippen molar-refractivity contribution in [3.8, 4) is 17.1 Å². The number of methoxy groups -OCH3 is 1. The van der Waals surface area contributed by atoms with Gasteiger partial charge in [-0.3, -0.25) is 0 Å². The van der Waals surface area contributed by atoms with Crippen LogP contribution in [0.4, 0.5) is 0 Å². The Kier molecular flexibility index (Phi) is 3.81. The molecule has 0 saturated heterocycles. The van der Waals surface area contributed by atoms with Crippen molar-refractivity contribution in [2.45, 2.75) is 50.6 Å². The number of pyridine rings is 1. The highest BCUT2D eigenvalue weighted by molar-refractivity contribution is 5.67. The predicted octanol–water partition coefficient (Wildman–Crippen LogP) is 3.15. The number of rotatable bonds is 4. The summed E-state index contributed by atoms with van der Waals surface area (Å²) in [6.45, 7) is 0. The molecule has 0 radical (unpaired) electrons. The highest BCUT2D eigenvalue weighted by Gasteiger charge is 2.33. The molecule has 122 valence electrons. The molecule has 2 unspecified atom stereocenters. The molecule has 1 fully saturated rings. The molecule has 0 aromatic carbocycles. The second-order valence-electron chi connectivity index (χ2n) is 6.79. The van der Waals surface area contributed by atoms with E-state index in [1.54, 1.807) is 7.11 Å². The molecule has 0 spiro atoms. The number of fused-ring (bicyclic) bond motifs is 3. The molecule has 2 atom stereocenters. The second-order valence-corrected chi connectivity index (χ2v) is 6.79. The zero-order valence-electron chi connectivity index (χ0n) is 13.6. The van der Waals surface area contributed by atoms with Crippen molar-refractivity contribution in [3.63, 3.8) is 0 Å². The molecule has 1 aliphatic carbocycles. The fourth-order valence-corrected chi connectivity index (χ4v) is 4.17. The van der Waals surface area contributed by atoms with Crippen LogP contribution in [-0.4, -0.2) is 27.7 Å². The number of ether oxygens (including phenoxy) is 1. The smallest absolute Gasteiger partial charge is 0.213 e. The van der Waals surface area contributed by atoms with Crippen molar-refractivity contribution in [1.29, 1.82) is 0 Å². The summed E-state index contributed by atoms with van der Waals surface area (Å²) < 4.78 is 7.54. The SMILES string of the molecule is COc1ccc2c(n1)C(CC(N)C1CCCCC1)n1cncc1-2. The van der Waals surface area contributed by atoms with Gasteiger partial charge in [-0.25, -0.2) is 9.97 Å². The third-order valence-electron chi connectivity index (χ3n) is 5.45. The minimum Gasteiger partial charge on any atom is -0.481 e. The van der Waals surface area contributed by atoms with E-state index in [9.17, 15) is 0 Å². The van der Waals surface area contributed by atoms with E-state index in [4.69, 9.17) is 15.5 Å². The van der Waals surface area contributed by atoms with Crippen LogP contribution in [0.15, 0.2) is 24.7 Å². The topological polar surface area (TPSA) is 66.0 Å². The van der Waals surface area contributed by atoms with Gasteiger partial charge < -0.3 is 15.0 Å². The predicted molar refractivity (Wildman–Crippen MR) is 89.3 cm³/mol. The van der Waals surface area contributed by atoms with Gasteiger partial charge in [0.2, 0.25) is 5.88 Å². The van der Waals surface area contributed by atoms with E-state index in [0.29, 0.717) is 11.8 Å². The molecule has 0 bridgehead atoms. The first-order chi connectivity index (χ1) is 11.3. The zero-order valence-corrected chi connectivity index (χ0v) is 13.6. The molecule has 4 rings (SSSR count). The maximum Gasteiger partial charge on any atom is 0.213 e. The van der Waals surface area contributed by atoms with Gasteiger partial charge in [-0.15, -0.1) is 0 Å². The van der Waals surface area contributed by atoms with Gasteiger partial charge in [-0.1, -0.05) is 19.3 Å². The highest BCUT2D eigenvalue weighted by atomic mass is 16.5. The lowest BCUT2D eigenvalue weighted by Crippen LogP contribution is -2.34. The van der Waals surface area contributed by atoms with Crippen molar-refractivity contribution >= 4 is 0 Å². The van der Waals surface area contributed by atoms with E-state index in [-0.39, 0.29) is 12.1 Å². The summed E-state index contributed by atoms with van der Waals surface area (Å²) in [5.41, 5.74) is 9.96. The van der Waals surface area contributed by atoms with Crippen molar-refractivity contribution < 1.29 is 4.74 Å². The highest BCUT2D eigenvalue weighted by Crippen LogP contribution is 2.42. The van der Waals surface area contributed by atoms with Gasteiger partial charge in [0.25, 0.3) is 0 Å². The molecule has 2 aliphatic rings. The lowest BCUT2D eigenvalue weighted by Gasteiger charge is -2.29. The van der Waals surface area contributed by atoms with E-state index in [1.807, 2.05) is 18.6 Å². The lowest BCUT2D eigenvalue weighted by atomic mass is 9.81. The van der Waals surface area contributed by atoms with Crippen LogP contribution in [0.25, 0.3) is 11.3 Å². The molecular weight excluding hydrogens is 288 g/mol. The first-order valence-electron chi connectivity index (χ1n) is 8.60. The van der Waals surface area contributed by atoms with Gasteiger partial charge in [0.1, 0.15) is 0 Å². The second kappa shape index (κ2) is 5.96. The third-order valence-corrected chi connectivity index (χ3v) is 5.45. The molecule has 2 N–H and O–H groups in total. The average molecular weight is 312 g/mol. The fourth-order valence-electron chi connectivity index (χ4n) is 4.17. The van der Waals surface area contributed by atoms with Crippen molar-refractivity contribution in [2.75, 3.05) is 7.11 Å². The Hall–Kier alpha value is -1.88. The largest absolute Gasteiger partial charge is 0.481 e. The third kappa shape index (κ3) is 2.53. The van der Waals surface area contributed by atoms with Crippen LogP contribution >= 0.6 is 0 Å². The Morgan fingerprint density at radius 1 is 1.30 bits per heavy atom. The van der Waals surface area contributed by atoms with E-state index in [1.165, 1.54) is 32.1 Å². The summed E-state index contributed by atoms with van der Waals surface area (Å²) >= 11 is 0. The summed E-state index contributed by atoms with van der Waals surface area (Å²) in [7, 11) is 1.66. The van der Waals surface area contributed by atoms with Crippen molar-refractivity contribution in [2.24, 2.45) is 11.7 Å². The number of hydrogen-bond acceptors (Lipinski definition) is 4. The molecule has 2 aromatic heterocycles. The number of imidazole rings is 1. The van der Waals surface area contributed by atoms with Crippen LogP contribution in [0.1, 0.15) is 50.3 Å². The van der Waals surface area contributed by atoms with Gasteiger partial charge in [0, 0.05) is 17.7 Å². The Bertz CT molecular complexity index is 690. The molecule has 5 nitrogen and oxygen atoms in total.